The van der Waals surface area contributed by atoms with E-state index >= 15 is 0 Å². The van der Waals surface area contributed by atoms with Crippen molar-refractivity contribution in [1.29, 1.82) is 0 Å². The Kier molecular flexibility index (Phi) is 5.36. The average Bonchev–Trinajstić information content (AvgIpc) is 3.21. The third-order valence-corrected chi connectivity index (χ3v) is 5.80. The molecule has 1 aromatic rings. The van der Waals surface area contributed by atoms with Gasteiger partial charge in [0.1, 0.15) is 0 Å². The Labute approximate surface area is 141 Å². The summed E-state index contributed by atoms with van der Waals surface area (Å²) < 4.78 is 5.31. The van der Waals surface area contributed by atoms with E-state index in [0.717, 1.165) is 32.7 Å². The van der Waals surface area contributed by atoms with Gasteiger partial charge in [0.25, 0.3) is 0 Å². The van der Waals surface area contributed by atoms with E-state index < -0.39 is 6.10 Å². The highest BCUT2D eigenvalue weighted by Crippen LogP contribution is 2.50. The fraction of sp³-hybridized carbons (Fsp3) is 0.706. The molecule has 6 heteroatoms. The predicted octanol–water partition coefficient (Wildman–Crippen LogP) is 1.31. The number of ether oxygens (including phenoxy) is 1. The quantitative estimate of drug-likeness (QED) is 0.850. The molecule has 0 aromatic carbocycles. The van der Waals surface area contributed by atoms with Crippen molar-refractivity contribution in [2.45, 2.75) is 25.4 Å². The molecule has 3 atom stereocenters. The van der Waals surface area contributed by atoms with Gasteiger partial charge in [-0.3, -0.25) is 9.69 Å². The second-order valence-electron chi connectivity index (χ2n) is 6.68. The van der Waals surface area contributed by atoms with E-state index in [1.54, 1.807) is 23.3 Å². The molecule has 3 rings (SSSR count). The van der Waals surface area contributed by atoms with Gasteiger partial charge in [-0.05, 0) is 25.5 Å². The fourth-order valence-corrected chi connectivity index (χ4v) is 4.32. The summed E-state index contributed by atoms with van der Waals surface area (Å²) in [5.74, 6) is 0.663. The summed E-state index contributed by atoms with van der Waals surface area (Å²) in [6, 6.07) is 4.26. The number of carbonyl (C=O) groups is 1. The standard InChI is InChI=1S/C17H26N2O3S/c1-12-3-4-16(23-12)14-9-15(14)17(21)18(2)10-13(20)11-19-5-7-22-8-6-19/h3-4,13-15,20H,5-11H2,1-2H3. The molecule has 2 fully saturated rings. The number of thiophene rings is 1. The zero-order valence-electron chi connectivity index (χ0n) is 13.9. The van der Waals surface area contributed by atoms with E-state index in [2.05, 4.69) is 24.0 Å². The highest BCUT2D eigenvalue weighted by Gasteiger charge is 2.46. The number of β-amino-alcohol motifs (C(OH)–C–C–N with tert-alkyl or cyclic N) is 1. The van der Waals surface area contributed by atoms with Crippen LogP contribution in [0.3, 0.4) is 0 Å². The summed E-state index contributed by atoms with van der Waals surface area (Å²) in [6.45, 7) is 6.29. The Bertz CT molecular complexity index is 542. The molecule has 128 valence electrons. The van der Waals surface area contributed by atoms with Crippen LogP contribution in [-0.2, 0) is 9.53 Å². The van der Waals surface area contributed by atoms with Gasteiger partial charge in [0.2, 0.25) is 5.91 Å². The van der Waals surface area contributed by atoms with Crippen LogP contribution in [-0.4, -0.2) is 73.4 Å². The zero-order chi connectivity index (χ0) is 16.4. The summed E-state index contributed by atoms with van der Waals surface area (Å²) in [4.78, 5) is 19.0. The van der Waals surface area contributed by atoms with Crippen molar-refractivity contribution >= 4 is 17.2 Å². The maximum atomic E-state index is 12.5. The molecule has 1 aromatic heterocycles. The second-order valence-corrected chi connectivity index (χ2v) is 8.00. The van der Waals surface area contributed by atoms with Gasteiger partial charge < -0.3 is 14.7 Å². The van der Waals surface area contributed by atoms with E-state index in [4.69, 9.17) is 4.74 Å². The van der Waals surface area contributed by atoms with E-state index in [1.807, 2.05) is 0 Å². The number of amides is 1. The number of aliphatic hydroxyl groups excluding tert-OH is 1. The van der Waals surface area contributed by atoms with Crippen LogP contribution in [0.25, 0.3) is 0 Å². The minimum Gasteiger partial charge on any atom is -0.390 e. The van der Waals surface area contributed by atoms with E-state index in [-0.39, 0.29) is 11.8 Å². The van der Waals surface area contributed by atoms with Crippen molar-refractivity contribution in [3.8, 4) is 0 Å². The molecule has 0 bridgehead atoms. The van der Waals surface area contributed by atoms with Crippen molar-refractivity contribution in [3.05, 3.63) is 21.9 Å². The molecule has 2 heterocycles. The Hall–Kier alpha value is -0.950. The van der Waals surface area contributed by atoms with E-state index in [9.17, 15) is 9.90 Å². The van der Waals surface area contributed by atoms with Gasteiger partial charge in [0, 0.05) is 54.8 Å². The Morgan fingerprint density at radius 3 is 2.87 bits per heavy atom. The highest BCUT2D eigenvalue weighted by molar-refractivity contribution is 7.12. The molecule has 1 aliphatic carbocycles. The Balaban J connectivity index is 1.44. The number of aryl methyl sites for hydroxylation is 1. The third kappa shape index (κ3) is 4.32. The molecule has 5 nitrogen and oxygen atoms in total. The van der Waals surface area contributed by atoms with Gasteiger partial charge >= 0.3 is 0 Å². The van der Waals surface area contributed by atoms with E-state index in [1.165, 1.54) is 9.75 Å². The summed E-state index contributed by atoms with van der Waals surface area (Å²) in [5.41, 5.74) is 0. The number of rotatable bonds is 6. The van der Waals surface area contributed by atoms with Crippen molar-refractivity contribution < 1.29 is 14.6 Å². The molecular formula is C17H26N2O3S. The molecule has 23 heavy (non-hydrogen) atoms. The average molecular weight is 338 g/mol. The fourth-order valence-electron chi connectivity index (χ4n) is 3.26. The van der Waals surface area contributed by atoms with Crippen LogP contribution < -0.4 is 0 Å². The van der Waals surface area contributed by atoms with Gasteiger partial charge in [0.15, 0.2) is 0 Å². The Morgan fingerprint density at radius 2 is 2.22 bits per heavy atom. The van der Waals surface area contributed by atoms with Gasteiger partial charge in [-0.25, -0.2) is 0 Å². The van der Waals surface area contributed by atoms with Crippen LogP contribution in [0.2, 0.25) is 0 Å². The first kappa shape index (κ1) is 16.9. The first-order chi connectivity index (χ1) is 11.0. The van der Waals surface area contributed by atoms with Gasteiger partial charge in [0.05, 0.1) is 19.3 Å². The minimum atomic E-state index is -0.497. The third-order valence-electron chi connectivity index (χ3n) is 4.67. The normalized spacial score (nSPS) is 26.0. The van der Waals surface area contributed by atoms with Crippen LogP contribution in [0.15, 0.2) is 12.1 Å². The summed E-state index contributed by atoms with van der Waals surface area (Å²) in [5, 5.41) is 10.2. The smallest absolute Gasteiger partial charge is 0.226 e. The van der Waals surface area contributed by atoms with Gasteiger partial charge in [-0.1, -0.05) is 0 Å². The molecular weight excluding hydrogens is 312 g/mol. The topological polar surface area (TPSA) is 53.0 Å². The molecule has 1 amide bonds. The summed E-state index contributed by atoms with van der Waals surface area (Å²) >= 11 is 1.79. The van der Waals surface area contributed by atoms with Crippen molar-refractivity contribution in [2.75, 3.05) is 46.4 Å². The van der Waals surface area contributed by atoms with Crippen LogP contribution in [0, 0.1) is 12.8 Å². The number of carbonyl (C=O) groups excluding carboxylic acids is 1. The summed E-state index contributed by atoms with van der Waals surface area (Å²) in [6.07, 6.45) is 0.450. The number of hydrogen-bond acceptors (Lipinski definition) is 5. The number of morpholine rings is 1. The monoisotopic (exact) mass is 338 g/mol. The molecule has 1 N–H and O–H groups in total. The van der Waals surface area contributed by atoms with Crippen LogP contribution in [0.1, 0.15) is 22.1 Å². The summed E-state index contributed by atoms with van der Waals surface area (Å²) in [7, 11) is 1.81. The lowest BCUT2D eigenvalue weighted by Gasteiger charge is -2.30. The molecule has 3 unspecified atom stereocenters. The minimum absolute atomic E-state index is 0.105. The Morgan fingerprint density at radius 1 is 1.48 bits per heavy atom. The van der Waals surface area contributed by atoms with Crippen LogP contribution in [0.4, 0.5) is 0 Å². The number of aliphatic hydroxyl groups is 1. The maximum absolute atomic E-state index is 12.5. The van der Waals surface area contributed by atoms with E-state index in [0.29, 0.717) is 19.0 Å². The SMILES string of the molecule is Cc1ccc(C2CC2C(=O)N(C)CC(O)CN2CCOCC2)s1. The van der Waals surface area contributed by atoms with Gasteiger partial charge in [-0.15, -0.1) is 11.3 Å². The molecule has 1 saturated carbocycles. The zero-order valence-corrected chi connectivity index (χ0v) is 14.7. The molecule has 0 spiro atoms. The van der Waals surface area contributed by atoms with Crippen molar-refractivity contribution in [3.63, 3.8) is 0 Å². The van der Waals surface area contributed by atoms with Crippen LogP contribution >= 0.6 is 11.3 Å². The molecule has 1 saturated heterocycles. The number of nitrogens with zero attached hydrogens (tertiary/aromatic N) is 2. The maximum Gasteiger partial charge on any atom is 0.226 e. The highest BCUT2D eigenvalue weighted by atomic mass is 32.1. The molecule has 1 aliphatic heterocycles. The lowest BCUT2D eigenvalue weighted by Crippen LogP contribution is -2.45. The van der Waals surface area contributed by atoms with Gasteiger partial charge in [-0.2, -0.15) is 0 Å². The lowest BCUT2D eigenvalue weighted by molar-refractivity contribution is -0.132. The predicted molar refractivity (Wildman–Crippen MR) is 90.8 cm³/mol. The van der Waals surface area contributed by atoms with Crippen LogP contribution in [0.5, 0.6) is 0 Å². The molecule has 0 radical (unpaired) electrons. The first-order valence-corrected chi connectivity index (χ1v) is 9.15. The van der Waals surface area contributed by atoms with Crippen molar-refractivity contribution in [1.82, 2.24) is 9.80 Å². The number of likely N-dealkylation sites (N-methyl/N-ethyl adjacent to an activating group) is 1. The van der Waals surface area contributed by atoms with Crippen molar-refractivity contribution in [2.24, 2.45) is 5.92 Å². The molecule has 2 aliphatic rings. The number of hydrogen-bond donors (Lipinski definition) is 1. The first-order valence-electron chi connectivity index (χ1n) is 8.34. The lowest BCUT2D eigenvalue weighted by atomic mass is 10.2. The second kappa shape index (κ2) is 7.30. The largest absolute Gasteiger partial charge is 0.390 e.